The number of benzene rings is 2. The van der Waals surface area contributed by atoms with Gasteiger partial charge in [-0.05, 0) is 37.8 Å². The molecule has 2 nitrogen and oxygen atoms in total. The Hall–Kier alpha value is -0.650. The first-order valence-electron chi connectivity index (χ1n) is 9.50. The maximum atomic E-state index is 10.4. The normalized spacial score (nSPS) is 13.4. The number of aromatic hydroxyl groups is 2. The van der Waals surface area contributed by atoms with Gasteiger partial charge in [-0.1, -0.05) is 81.1 Å². The molecule has 0 aliphatic heterocycles. The molecule has 2 N–H and O–H groups in total. The lowest BCUT2D eigenvalue weighted by Crippen LogP contribution is -2.03. The van der Waals surface area contributed by atoms with E-state index in [4.69, 9.17) is 0 Å². The highest BCUT2D eigenvalue weighted by Gasteiger charge is 2.23. The van der Waals surface area contributed by atoms with Gasteiger partial charge in [0.05, 0.1) is 0 Å². The third-order valence-corrected chi connectivity index (χ3v) is 7.35. The van der Waals surface area contributed by atoms with E-state index in [9.17, 15) is 10.2 Å². The molecule has 0 aliphatic carbocycles. The van der Waals surface area contributed by atoms with Gasteiger partial charge < -0.3 is 10.2 Å². The van der Waals surface area contributed by atoms with E-state index in [0.717, 1.165) is 60.3 Å². The Labute approximate surface area is 184 Å². The summed E-state index contributed by atoms with van der Waals surface area (Å²) in [6.07, 6.45) is 6.47. The summed E-state index contributed by atoms with van der Waals surface area (Å²) in [4.78, 5) is 0. The van der Waals surface area contributed by atoms with Crippen molar-refractivity contribution in [2.45, 2.75) is 49.0 Å². The lowest BCUT2D eigenvalue weighted by atomic mass is 10.0. The molecule has 0 amide bonds. The second-order valence-electron chi connectivity index (χ2n) is 6.60. The van der Waals surface area contributed by atoms with Crippen LogP contribution in [0, 0.1) is 0 Å². The van der Waals surface area contributed by atoms with Crippen molar-refractivity contribution in [3.63, 3.8) is 0 Å². The maximum absolute atomic E-state index is 10.4. The summed E-state index contributed by atoms with van der Waals surface area (Å²) in [6.45, 7) is 0. The number of hydrogen-bond donors (Lipinski definition) is 2. The van der Waals surface area contributed by atoms with E-state index >= 15 is 0 Å². The first-order chi connectivity index (χ1) is 13.2. The van der Waals surface area contributed by atoms with Gasteiger partial charge in [-0.2, -0.15) is 0 Å². The van der Waals surface area contributed by atoms with Crippen LogP contribution in [0.5, 0.6) is 11.5 Å². The molecule has 2 aromatic rings. The van der Waals surface area contributed by atoms with Gasteiger partial charge in [0.1, 0.15) is 11.5 Å². The summed E-state index contributed by atoms with van der Waals surface area (Å²) in [5.74, 6) is 0.732. The van der Waals surface area contributed by atoms with Gasteiger partial charge in [0, 0.05) is 32.3 Å². The highest BCUT2D eigenvalue weighted by atomic mass is 79.9. The van der Waals surface area contributed by atoms with Crippen LogP contribution in [0.15, 0.2) is 48.5 Å². The van der Waals surface area contributed by atoms with Crippen LogP contribution in [0.25, 0.3) is 0 Å². The van der Waals surface area contributed by atoms with Crippen molar-refractivity contribution in [2.75, 3.05) is 10.7 Å². The molecule has 0 fully saturated rings. The van der Waals surface area contributed by atoms with Crippen LogP contribution in [-0.4, -0.2) is 20.9 Å². The lowest BCUT2D eigenvalue weighted by Gasteiger charge is -2.25. The molecule has 27 heavy (non-hydrogen) atoms. The summed E-state index contributed by atoms with van der Waals surface area (Å²) >= 11 is 8.91. The Morgan fingerprint density at radius 3 is 1.44 bits per heavy atom. The van der Waals surface area contributed by atoms with Crippen LogP contribution in [0.4, 0.5) is 0 Å². The molecule has 0 heterocycles. The molecule has 0 saturated heterocycles. The van der Waals surface area contributed by atoms with Gasteiger partial charge in [-0.25, -0.2) is 0 Å². The van der Waals surface area contributed by atoms with E-state index in [2.05, 4.69) is 31.9 Å². The predicted octanol–water partition coefficient (Wildman–Crippen LogP) is 7.74. The molecule has 2 unspecified atom stereocenters. The molecule has 0 saturated carbocycles. The summed E-state index contributed by atoms with van der Waals surface area (Å²) in [6, 6.07) is 15.3. The lowest BCUT2D eigenvalue weighted by molar-refractivity contribution is 0.464. The summed E-state index contributed by atoms with van der Waals surface area (Å²) in [7, 11) is 0. The van der Waals surface area contributed by atoms with Crippen molar-refractivity contribution in [1.29, 1.82) is 0 Å². The topological polar surface area (TPSA) is 40.5 Å². The van der Waals surface area contributed by atoms with Crippen LogP contribution < -0.4 is 0 Å². The van der Waals surface area contributed by atoms with Crippen molar-refractivity contribution >= 4 is 43.6 Å². The van der Waals surface area contributed by atoms with Gasteiger partial charge in [-0.3, -0.25) is 0 Å². The SMILES string of the molecule is Oc1ccccc1C(CCCCBr)SC(CCCCBr)c1ccccc1O. The third kappa shape index (κ3) is 7.35. The fraction of sp³-hybridized carbons (Fsp3) is 0.455. The molecule has 2 aromatic carbocycles. The quantitative estimate of drug-likeness (QED) is 0.224. The van der Waals surface area contributed by atoms with Gasteiger partial charge >= 0.3 is 0 Å². The molecule has 0 aliphatic rings. The molecule has 2 rings (SSSR count). The Morgan fingerprint density at radius 1 is 0.667 bits per heavy atom. The number of unbranched alkanes of at least 4 members (excludes halogenated alkanes) is 2. The zero-order valence-corrected chi connectivity index (χ0v) is 19.5. The standard InChI is InChI=1S/C22H28Br2O2S/c23-15-7-5-13-21(17-9-1-3-11-19(17)25)27-22(14-6-8-16-24)18-10-2-4-12-20(18)26/h1-4,9-12,21-22,25-26H,5-8,13-16H2. The third-order valence-electron chi connectivity index (χ3n) is 4.60. The number of halogens is 2. The van der Waals surface area contributed by atoms with Gasteiger partial charge in [0.15, 0.2) is 0 Å². The predicted molar refractivity (Wildman–Crippen MR) is 125 cm³/mol. The minimum Gasteiger partial charge on any atom is -0.508 e. The average molecular weight is 516 g/mol. The molecule has 2 atom stereocenters. The second kappa shape index (κ2) is 12.7. The Balaban J connectivity index is 2.25. The van der Waals surface area contributed by atoms with Gasteiger partial charge in [-0.15, -0.1) is 11.8 Å². The minimum atomic E-state index is 0.207. The van der Waals surface area contributed by atoms with Crippen molar-refractivity contribution < 1.29 is 10.2 Å². The molecule has 0 aromatic heterocycles. The molecule has 148 valence electrons. The van der Waals surface area contributed by atoms with Crippen molar-refractivity contribution in [1.82, 2.24) is 0 Å². The van der Waals surface area contributed by atoms with E-state index in [1.54, 1.807) is 12.1 Å². The first kappa shape index (κ1) is 22.6. The number of phenols is 2. The number of rotatable bonds is 12. The van der Waals surface area contributed by atoms with Crippen molar-refractivity contribution in [3.05, 3.63) is 59.7 Å². The summed E-state index contributed by atoms with van der Waals surface area (Å²) in [5.41, 5.74) is 2.00. The van der Waals surface area contributed by atoms with E-state index < -0.39 is 0 Å². The smallest absolute Gasteiger partial charge is 0.119 e. The van der Waals surface area contributed by atoms with Crippen molar-refractivity contribution in [3.8, 4) is 11.5 Å². The molecular weight excluding hydrogens is 488 g/mol. The average Bonchev–Trinajstić information content (AvgIpc) is 2.67. The fourth-order valence-electron chi connectivity index (χ4n) is 3.16. The Kier molecular flexibility index (Phi) is 10.7. The Bertz CT molecular complexity index is 623. The molecular formula is C22H28Br2O2S. The zero-order chi connectivity index (χ0) is 19.5. The second-order valence-corrected chi connectivity index (χ2v) is 9.60. The van der Waals surface area contributed by atoms with Crippen LogP contribution in [0.3, 0.4) is 0 Å². The zero-order valence-electron chi connectivity index (χ0n) is 15.5. The highest BCUT2D eigenvalue weighted by Crippen LogP contribution is 2.49. The van der Waals surface area contributed by atoms with Gasteiger partial charge in [0.2, 0.25) is 0 Å². The van der Waals surface area contributed by atoms with Crippen LogP contribution in [-0.2, 0) is 0 Å². The Morgan fingerprint density at radius 2 is 1.07 bits per heavy atom. The van der Waals surface area contributed by atoms with E-state index in [0.29, 0.717) is 11.5 Å². The number of hydrogen-bond acceptors (Lipinski definition) is 3. The number of thioether (sulfide) groups is 1. The van der Waals surface area contributed by atoms with E-state index in [-0.39, 0.29) is 10.5 Å². The largest absolute Gasteiger partial charge is 0.508 e. The summed E-state index contributed by atoms with van der Waals surface area (Å²) in [5, 5.41) is 23.2. The minimum absolute atomic E-state index is 0.207. The molecule has 5 heteroatoms. The summed E-state index contributed by atoms with van der Waals surface area (Å²) < 4.78 is 0. The fourth-order valence-corrected chi connectivity index (χ4v) is 5.65. The van der Waals surface area contributed by atoms with Crippen LogP contribution in [0.1, 0.15) is 60.2 Å². The molecule has 0 bridgehead atoms. The first-order valence-corrected chi connectivity index (χ1v) is 12.7. The van der Waals surface area contributed by atoms with Crippen molar-refractivity contribution in [2.24, 2.45) is 0 Å². The monoisotopic (exact) mass is 514 g/mol. The molecule has 0 spiro atoms. The van der Waals surface area contributed by atoms with Crippen LogP contribution in [0.2, 0.25) is 0 Å². The van der Waals surface area contributed by atoms with Gasteiger partial charge in [0.25, 0.3) is 0 Å². The number of phenolic OH excluding ortho intramolecular Hbond substituents is 2. The van der Waals surface area contributed by atoms with E-state index in [1.807, 2.05) is 48.2 Å². The number of alkyl halides is 2. The van der Waals surface area contributed by atoms with E-state index in [1.165, 1.54) is 0 Å². The highest BCUT2D eigenvalue weighted by molar-refractivity contribution is 9.09. The molecule has 0 radical (unpaired) electrons. The van der Waals surface area contributed by atoms with Crippen LogP contribution >= 0.6 is 43.6 Å². The number of para-hydroxylation sites is 2. The maximum Gasteiger partial charge on any atom is 0.119 e.